The number of unbranched alkanes of at least 4 members (excludes halogenated alkanes) is 40. The highest BCUT2D eigenvalue weighted by Gasteiger charge is 2.28. The number of allylic oxidation sites excluding steroid dienone is 21. The minimum absolute atomic E-state index is 0.0558. The Morgan fingerprint density at radius 1 is 0.368 bits per heavy atom. The zero-order valence-corrected chi connectivity index (χ0v) is 63.8. The summed E-state index contributed by atoms with van der Waals surface area (Å²) in [5, 5.41) is 14.1. The topological polar surface area (TPSA) is 105 Å². The lowest BCUT2D eigenvalue weighted by Crippen LogP contribution is -2.45. The van der Waals surface area contributed by atoms with Gasteiger partial charge in [0.2, 0.25) is 5.91 Å². The number of nitrogens with one attached hydrogen (secondary N) is 1. The molecule has 0 saturated carbocycles. The van der Waals surface area contributed by atoms with E-state index in [1.54, 1.807) is 6.08 Å². The molecule has 0 aliphatic heterocycles. The fraction of sp³-hybridized carbons (Fsp3) is 0.733. The van der Waals surface area contributed by atoms with Crippen LogP contribution in [0.1, 0.15) is 354 Å². The van der Waals surface area contributed by atoms with E-state index in [2.05, 4.69) is 141 Å². The number of amides is 1. The number of hydrogen-bond donors (Lipinski definition) is 3. The smallest absolute Gasteiger partial charge is 0.387 e. The summed E-state index contributed by atoms with van der Waals surface area (Å²) in [6, 6.07) is -0.860. The third-order valence-corrected chi connectivity index (χ3v) is 18.6. The first-order valence-electron chi connectivity index (χ1n) is 40.1. The number of phosphoric acid groups is 1. The van der Waals surface area contributed by atoms with Crippen LogP contribution < -0.4 is 5.32 Å². The van der Waals surface area contributed by atoms with Gasteiger partial charge in [-0.1, -0.05) is 385 Å². The molecule has 0 radical (unpaired) electrons. The fourth-order valence-electron chi connectivity index (χ4n) is 11.5. The molecule has 0 rings (SSSR count). The molecule has 0 fully saturated rings. The minimum atomic E-state index is -4.37. The number of nitrogens with zero attached hydrogens (tertiary/aromatic N) is 1. The molecule has 3 unspecified atom stereocenters. The highest BCUT2D eigenvalue weighted by Crippen LogP contribution is 2.43. The van der Waals surface area contributed by atoms with Gasteiger partial charge >= 0.3 is 7.82 Å². The quantitative estimate of drug-likeness (QED) is 0.0243. The number of likely N-dealkylation sites (N-methyl/N-ethyl adjacent to an activating group) is 1. The molecule has 8 nitrogen and oxygen atoms in total. The number of quaternary nitrogens is 1. The van der Waals surface area contributed by atoms with Gasteiger partial charge in [0.15, 0.2) is 0 Å². The first-order valence-corrected chi connectivity index (χ1v) is 41.6. The number of aliphatic hydroxyl groups excluding tert-OH is 1. The maximum atomic E-state index is 13.1. The van der Waals surface area contributed by atoms with Crippen LogP contribution in [0, 0.1) is 0 Å². The molecular formula is C86H154N2O6P+. The number of carbonyl (C=O) groups excluding carboxylic acids is 1. The molecule has 0 saturated heterocycles. The Morgan fingerprint density at radius 2 is 0.632 bits per heavy atom. The van der Waals surface area contributed by atoms with E-state index in [0.717, 1.165) is 109 Å². The largest absolute Gasteiger partial charge is 0.472 e. The molecule has 0 aromatic heterocycles. The highest BCUT2D eigenvalue weighted by atomic mass is 31.2. The van der Waals surface area contributed by atoms with E-state index < -0.39 is 20.0 Å². The Kier molecular flexibility index (Phi) is 72.2. The predicted octanol–water partition coefficient (Wildman–Crippen LogP) is 26.5. The van der Waals surface area contributed by atoms with E-state index in [9.17, 15) is 19.4 Å². The summed E-state index contributed by atoms with van der Waals surface area (Å²) >= 11 is 0. The second-order valence-corrected chi connectivity index (χ2v) is 29.5. The summed E-state index contributed by atoms with van der Waals surface area (Å²) < 4.78 is 23.9. The normalized spacial score (nSPS) is 14.2. The Balaban J connectivity index is 4.06. The average Bonchev–Trinajstić information content (AvgIpc) is 2.01. The van der Waals surface area contributed by atoms with Crippen molar-refractivity contribution in [1.29, 1.82) is 0 Å². The van der Waals surface area contributed by atoms with E-state index in [1.807, 2.05) is 27.2 Å². The fourth-order valence-corrected chi connectivity index (χ4v) is 12.2. The Bertz CT molecular complexity index is 2020. The molecule has 0 aromatic rings. The molecule has 9 heteroatoms. The predicted molar refractivity (Wildman–Crippen MR) is 419 cm³/mol. The minimum Gasteiger partial charge on any atom is -0.387 e. The van der Waals surface area contributed by atoms with Crippen LogP contribution in [0.15, 0.2) is 134 Å². The summed E-state index contributed by atoms with van der Waals surface area (Å²) in [4.78, 5) is 23.5. The lowest BCUT2D eigenvalue weighted by Gasteiger charge is -2.25. The zero-order chi connectivity index (χ0) is 69.0. The van der Waals surface area contributed by atoms with Crippen LogP contribution in [-0.4, -0.2) is 73.4 Å². The molecule has 0 bridgehead atoms. The lowest BCUT2D eigenvalue weighted by molar-refractivity contribution is -0.870. The first kappa shape index (κ1) is 91.6. The van der Waals surface area contributed by atoms with Crippen molar-refractivity contribution in [2.24, 2.45) is 0 Å². The molecule has 1 amide bonds. The van der Waals surface area contributed by atoms with Crippen molar-refractivity contribution in [3.05, 3.63) is 134 Å². The maximum absolute atomic E-state index is 13.1. The van der Waals surface area contributed by atoms with E-state index >= 15 is 0 Å². The Morgan fingerprint density at radius 3 is 0.926 bits per heavy atom. The van der Waals surface area contributed by atoms with Crippen molar-refractivity contribution >= 4 is 13.7 Å². The van der Waals surface area contributed by atoms with Gasteiger partial charge in [-0.25, -0.2) is 4.57 Å². The molecule has 548 valence electrons. The number of hydrogen-bond acceptors (Lipinski definition) is 5. The SMILES string of the molecule is CC/C=C\C/C=C\C/C=C\C/C=C\C/C=C\C/C=C\C/C=C\C/C=C\C/C=C\C/C=C\CCCCCCCCCCCCC(=O)NC(COP(=O)(O)OCC[N+](C)(C)C)C(O)/C=C/CCCCCCCCCCCCCCCCCCCCCCCCCCCCCCCC. The van der Waals surface area contributed by atoms with Gasteiger partial charge in [-0.05, 0) is 96.3 Å². The molecule has 0 aromatic carbocycles. The van der Waals surface area contributed by atoms with Crippen LogP contribution in [0.25, 0.3) is 0 Å². The van der Waals surface area contributed by atoms with Gasteiger partial charge in [-0.2, -0.15) is 0 Å². The van der Waals surface area contributed by atoms with Crippen LogP contribution in [0.4, 0.5) is 0 Å². The van der Waals surface area contributed by atoms with Gasteiger partial charge in [-0.15, -0.1) is 0 Å². The van der Waals surface area contributed by atoms with Crippen molar-refractivity contribution in [3.8, 4) is 0 Å². The van der Waals surface area contributed by atoms with E-state index in [-0.39, 0.29) is 19.1 Å². The second-order valence-electron chi connectivity index (χ2n) is 28.1. The van der Waals surface area contributed by atoms with Gasteiger partial charge in [0.05, 0.1) is 39.9 Å². The van der Waals surface area contributed by atoms with Crippen LogP contribution in [0.3, 0.4) is 0 Å². The molecule has 0 aliphatic rings. The lowest BCUT2D eigenvalue weighted by atomic mass is 10.0. The van der Waals surface area contributed by atoms with Gasteiger partial charge in [0.1, 0.15) is 13.2 Å². The summed E-state index contributed by atoms with van der Waals surface area (Å²) in [6.45, 7) is 4.73. The molecule has 0 spiro atoms. The van der Waals surface area contributed by atoms with Crippen molar-refractivity contribution < 1.29 is 32.9 Å². The summed E-state index contributed by atoms with van der Waals surface area (Å²) in [6.07, 6.45) is 113. The summed E-state index contributed by atoms with van der Waals surface area (Å²) in [7, 11) is 1.57. The number of carbonyl (C=O) groups is 1. The van der Waals surface area contributed by atoms with Crippen molar-refractivity contribution in [2.45, 2.75) is 366 Å². The van der Waals surface area contributed by atoms with Crippen molar-refractivity contribution in [3.63, 3.8) is 0 Å². The van der Waals surface area contributed by atoms with Gasteiger partial charge in [0.25, 0.3) is 0 Å². The monoisotopic (exact) mass is 1340 g/mol. The Hall–Kier alpha value is -3.36. The summed E-state index contributed by atoms with van der Waals surface area (Å²) in [5.74, 6) is -0.182. The number of phosphoric ester groups is 1. The molecular weight excluding hydrogens is 1190 g/mol. The van der Waals surface area contributed by atoms with Gasteiger partial charge < -0.3 is 19.8 Å². The molecule has 95 heavy (non-hydrogen) atoms. The average molecular weight is 1340 g/mol. The van der Waals surface area contributed by atoms with Crippen LogP contribution in [-0.2, 0) is 18.4 Å². The van der Waals surface area contributed by atoms with E-state index in [1.165, 1.54) is 225 Å². The van der Waals surface area contributed by atoms with Gasteiger partial charge in [-0.3, -0.25) is 13.8 Å². The molecule has 3 atom stereocenters. The molecule has 3 N–H and O–H groups in total. The second kappa shape index (κ2) is 74.9. The maximum Gasteiger partial charge on any atom is 0.472 e. The summed E-state index contributed by atoms with van der Waals surface area (Å²) in [5.41, 5.74) is 0. The third-order valence-electron chi connectivity index (χ3n) is 17.6. The molecule has 0 heterocycles. The van der Waals surface area contributed by atoms with Crippen molar-refractivity contribution in [1.82, 2.24) is 5.32 Å². The number of rotatable bonds is 73. The Labute approximate surface area is 589 Å². The van der Waals surface area contributed by atoms with Crippen LogP contribution in [0.2, 0.25) is 0 Å². The highest BCUT2D eigenvalue weighted by molar-refractivity contribution is 7.47. The van der Waals surface area contributed by atoms with Crippen molar-refractivity contribution in [2.75, 3.05) is 40.9 Å². The van der Waals surface area contributed by atoms with E-state index in [4.69, 9.17) is 9.05 Å². The third kappa shape index (κ3) is 77.9. The zero-order valence-electron chi connectivity index (χ0n) is 62.9. The standard InChI is InChI=1S/C86H153N2O6P/c1-6-8-10-12-14-16-18-20-22-24-26-28-30-32-34-36-38-40-41-42-43-44-45-46-47-48-50-52-54-56-58-60-62-64-66-68-70-72-74-76-78-80-86(90)87-84(83-94-95(91,92)93-82-81-88(3,4)5)85(89)79-77-75-73-71-69-67-65-63-61-59-57-55-53-51-49-39-37-35-33-31-29-27-25-23-21-19-17-15-13-11-9-7-2/h8,10,14,16,20,22,26,28,32,34,38,40,42-43,45-46,48,50,54,56,77,79,84-85,89H,6-7,9,11-13,15,17-19,21,23-25,27,29-31,33,35-37,39,41,44,47,49,51-53,55,57-76,78,80-83H2,1-5H3,(H-,87,90,91,92)/p+1/b10-8-,16-14-,22-20-,28-26-,34-32-,40-38-,43-42-,46-45-,50-48-,56-54-,79-77+. The number of aliphatic hydroxyl groups is 1. The van der Waals surface area contributed by atoms with Crippen LogP contribution in [0.5, 0.6) is 0 Å². The van der Waals surface area contributed by atoms with Gasteiger partial charge in [0, 0.05) is 6.42 Å². The van der Waals surface area contributed by atoms with Crippen LogP contribution >= 0.6 is 7.82 Å². The van der Waals surface area contributed by atoms with E-state index in [0.29, 0.717) is 17.4 Å². The first-order chi connectivity index (χ1) is 46.5. The molecule has 0 aliphatic carbocycles.